The maximum absolute atomic E-state index is 11.5. The van der Waals surface area contributed by atoms with E-state index in [1.54, 1.807) is 0 Å². The third kappa shape index (κ3) is 3.66. The van der Waals surface area contributed by atoms with Crippen molar-refractivity contribution >= 4 is 5.97 Å². The lowest BCUT2D eigenvalue weighted by Crippen LogP contribution is -2.05. The number of ether oxygens (including phenoxy) is 1. The van der Waals surface area contributed by atoms with Crippen LogP contribution in [-0.4, -0.2) is 21.0 Å². The third-order valence-electron chi connectivity index (χ3n) is 3.76. The summed E-state index contributed by atoms with van der Waals surface area (Å²) in [5, 5.41) is 9.42. The van der Waals surface area contributed by atoms with Gasteiger partial charge in [-0.1, -0.05) is 62.4 Å². The van der Waals surface area contributed by atoms with E-state index in [2.05, 4.69) is 23.8 Å². The average molecular weight is 334 g/mol. The second-order valence-electron chi connectivity index (χ2n) is 5.88. The number of aromatic nitrogens is 2. The molecule has 0 saturated carbocycles. The van der Waals surface area contributed by atoms with Crippen molar-refractivity contribution in [3.63, 3.8) is 0 Å². The second-order valence-corrected chi connectivity index (χ2v) is 5.88. The van der Waals surface area contributed by atoms with Crippen LogP contribution in [0.3, 0.4) is 0 Å². The Morgan fingerprint density at radius 1 is 1.04 bits per heavy atom. The van der Waals surface area contributed by atoms with Crippen LogP contribution in [0.1, 0.15) is 35.7 Å². The summed E-state index contributed by atoms with van der Waals surface area (Å²) < 4.78 is 5.89. The van der Waals surface area contributed by atoms with Crippen LogP contribution in [0.4, 0.5) is 0 Å². The van der Waals surface area contributed by atoms with E-state index in [4.69, 9.17) is 4.74 Å². The first-order chi connectivity index (χ1) is 12.1. The fraction of sp³-hybridized carbons (Fsp3) is 0.150. The molecule has 0 fully saturated rings. The Morgan fingerprint density at radius 2 is 1.72 bits per heavy atom. The maximum Gasteiger partial charge on any atom is 0.342 e. The van der Waals surface area contributed by atoms with Crippen molar-refractivity contribution in [3.05, 3.63) is 71.9 Å². The molecule has 0 amide bonds. The summed E-state index contributed by atoms with van der Waals surface area (Å²) in [6.07, 6.45) is 1.28. The summed E-state index contributed by atoms with van der Waals surface area (Å²) >= 11 is 0. The highest BCUT2D eigenvalue weighted by Gasteiger charge is 2.18. The van der Waals surface area contributed by atoms with Gasteiger partial charge in [0.15, 0.2) is 5.82 Å². The number of hydrogen-bond acceptors (Lipinski definition) is 4. The van der Waals surface area contributed by atoms with Crippen molar-refractivity contribution in [2.24, 2.45) is 0 Å². The molecule has 1 heterocycles. The van der Waals surface area contributed by atoms with E-state index in [-0.39, 0.29) is 17.4 Å². The van der Waals surface area contributed by atoms with Crippen LogP contribution in [0, 0.1) is 0 Å². The van der Waals surface area contributed by atoms with Gasteiger partial charge in [0.05, 0.1) is 0 Å². The van der Waals surface area contributed by atoms with Crippen molar-refractivity contribution in [1.29, 1.82) is 0 Å². The van der Waals surface area contributed by atoms with E-state index in [0.29, 0.717) is 11.6 Å². The molecular weight excluding hydrogens is 316 g/mol. The summed E-state index contributed by atoms with van der Waals surface area (Å²) in [6, 6.07) is 16.9. The van der Waals surface area contributed by atoms with Crippen LogP contribution in [0.2, 0.25) is 0 Å². The number of aromatic carboxylic acids is 1. The molecule has 0 atom stereocenters. The van der Waals surface area contributed by atoms with Gasteiger partial charge in [-0.15, -0.1) is 0 Å². The Balaban J connectivity index is 2.06. The lowest BCUT2D eigenvalue weighted by Gasteiger charge is -2.14. The number of para-hydroxylation sites is 1. The first kappa shape index (κ1) is 16.6. The van der Waals surface area contributed by atoms with Crippen LogP contribution in [0.15, 0.2) is 60.8 Å². The molecule has 3 rings (SSSR count). The summed E-state index contributed by atoms with van der Waals surface area (Å²) in [7, 11) is 0. The first-order valence-electron chi connectivity index (χ1n) is 7.99. The van der Waals surface area contributed by atoms with Crippen molar-refractivity contribution < 1.29 is 14.6 Å². The predicted octanol–water partition coefficient (Wildman–Crippen LogP) is 4.76. The normalized spacial score (nSPS) is 10.7. The van der Waals surface area contributed by atoms with Gasteiger partial charge in [-0.25, -0.2) is 9.78 Å². The molecular formula is C20H18N2O3. The molecule has 1 aromatic heterocycles. The number of nitrogens with zero attached hydrogens (tertiary/aromatic N) is 2. The van der Waals surface area contributed by atoms with E-state index in [0.717, 1.165) is 11.1 Å². The summed E-state index contributed by atoms with van der Waals surface area (Å²) in [5.41, 5.74) is 1.71. The molecule has 5 heteroatoms. The lowest BCUT2D eigenvalue weighted by atomic mass is 10.0. The van der Waals surface area contributed by atoms with Gasteiger partial charge >= 0.3 is 5.97 Å². The molecule has 0 radical (unpaired) electrons. The van der Waals surface area contributed by atoms with Crippen LogP contribution in [0.25, 0.3) is 11.4 Å². The summed E-state index contributed by atoms with van der Waals surface area (Å²) in [5.74, 6) is 0.159. The molecule has 0 aliphatic rings. The molecule has 2 aromatic carbocycles. The number of carboxylic acid groups (broad SMARTS) is 1. The van der Waals surface area contributed by atoms with Gasteiger partial charge in [-0.05, 0) is 17.5 Å². The molecule has 0 aliphatic carbocycles. The van der Waals surface area contributed by atoms with Gasteiger partial charge in [0.25, 0.3) is 0 Å². The largest absolute Gasteiger partial charge is 0.477 e. The highest BCUT2D eigenvalue weighted by molar-refractivity contribution is 5.90. The number of carbonyl (C=O) groups is 1. The summed E-state index contributed by atoms with van der Waals surface area (Å²) in [6.45, 7) is 4.10. The standard InChI is InChI=1S/C20H18N2O3/c1-13(2)15-10-6-7-11-17(15)25-19-16(20(23)24)12-21-18(22-19)14-8-4-3-5-9-14/h3-13H,1-2H3,(H,23,24). The number of carboxylic acids is 1. The highest BCUT2D eigenvalue weighted by Crippen LogP contribution is 2.31. The Bertz CT molecular complexity index is 892. The van der Waals surface area contributed by atoms with Crippen molar-refractivity contribution in [2.45, 2.75) is 19.8 Å². The minimum Gasteiger partial charge on any atom is -0.477 e. The van der Waals surface area contributed by atoms with E-state index < -0.39 is 5.97 Å². The Labute approximate surface area is 146 Å². The van der Waals surface area contributed by atoms with E-state index >= 15 is 0 Å². The van der Waals surface area contributed by atoms with Crippen molar-refractivity contribution in [3.8, 4) is 23.0 Å². The molecule has 0 saturated heterocycles. The fourth-order valence-electron chi connectivity index (χ4n) is 2.47. The quantitative estimate of drug-likeness (QED) is 0.728. The molecule has 5 nitrogen and oxygen atoms in total. The Morgan fingerprint density at radius 3 is 2.40 bits per heavy atom. The van der Waals surface area contributed by atoms with E-state index in [1.807, 2.05) is 54.6 Å². The smallest absolute Gasteiger partial charge is 0.342 e. The van der Waals surface area contributed by atoms with Crippen molar-refractivity contribution in [2.75, 3.05) is 0 Å². The Hall–Kier alpha value is -3.21. The molecule has 0 aliphatic heterocycles. The van der Waals surface area contributed by atoms with Crippen LogP contribution < -0.4 is 4.74 Å². The van der Waals surface area contributed by atoms with Crippen LogP contribution in [-0.2, 0) is 0 Å². The molecule has 0 bridgehead atoms. The van der Waals surface area contributed by atoms with Crippen LogP contribution in [0.5, 0.6) is 11.6 Å². The number of benzene rings is 2. The zero-order valence-electron chi connectivity index (χ0n) is 14.0. The number of hydrogen-bond donors (Lipinski definition) is 1. The maximum atomic E-state index is 11.5. The third-order valence-corrected chi connectivity index (χ3v) is 3.76. The molecule has 126 valence electrons. The van der Waals surface area contributed by atoms with E-state index in [9.17, 15) is 9.90 Å². The van der Waals surface area contributed by atoms with Gasteiger partial charge in [0.1, 0.15) is 11.3 Å². The zero-order chi connectivity index (χ0) is 17.8. The molecule has 0 unspecified atom stereocenters. The zero-order valence-corrected chi connectivity index (χ0v) is 14.0. The van der Waals surface area contributed by atoms with Crippen LogP contribution >= 0.6 is 0 Å². The highest BCUT2D eigenvalue weighted by atomic mass is 16.5. The molecule has 0 spiro atoms. The predicted molar refractivity (Wildman–Crippen MR) is 95.0 cm³/mol. The van der Waals surface area contributed by atoms with E-state index in [1.165, 1.54) is 6.20 Å². The average Bonchev–Trinajstić information content (AvgIpc) is 2.62. The van der Waals surface area contributed by atoms with Gasteiger partial charge in [-0.2, -0.15) is 4.98 Å². The minimum absolute atomic E-state index is 0.0365. The monoisotopic (exact) mass is 334 g/mol. The molecule has 1 N–H and O–H groups in total. The van der Waals surface area contributed by atoms with Gasteiger partial charge < -0.3 is 9.84 Å². The lowest BCUT2D eigenvalue weighted by molar-refractivity contribution is 0.0693. The second kappa shape index (κ2) is 7.13. The summed E-state index contributed by atoms with van der Waals surface area (Å²) in [4.78, 5) is 20.0. The first-order valence-corrected chi connectivity index (χ1v) is 7.99. The topological polar surface area (TPSA) is 72.3 Å². The fourth-order valence-corrected chi connectivity index (χ4v) is 2.47. The minimum atomic E-state index is -1.13. The molecule has 25 heavy (non-hydrogen) atoms. The van der Waals surface area contributed by atoms with Gasteiger partial charge in [-0.3, -0.25) is 0 Å². The SMILES string of the molecule is CC(C)c1ccccc1Oc1nc(-c2ccccc2)ncc1C(=O)O. The molecule has 3 aromatic rings. The van der Waals surface area contributed by atoms with Gasteiger partial charge in [0.2, 0.25) is 5.88 Å². The number of rotatable bonds is 5. The van der Waals surface area contributed by atoms with Gasteiger partial charge in [0, 0.05) is 11.8 Å². The Kier molecular flexibility index (Phi) is 4.75. The van der Waals surface area contributed by atoms with Crippen molar-refractivity contribution in [1.82, 2.24) is 9.97 Å².